The van der Waals surface area contributed by atoms with Gasteiger partial charge in [0.2, 0.25) is 11.8 Å². The summed E-state index contributed by atoms with van der Waals surface area (Å²) in [6.45, 7) is 9.95. The highest BCUT2D eigenvalue weighted by molar-refractivity contribution is 5.84. The van der Waals surface area contributed by atoms with E-state index in [-0.39, 0.29) is 11.8 Å². The molecule has 0 aromatic carbocycles. The van der Waals surface area contributed by atoms with Gasteiger partial charge in [0, 0.05) is 38.6 Å². The Labute approximate surface area is 146 Å². The van der Waals surface area contributed by atoms with Gasteiger partial charge in [-0.05, 0) is 44.4 Å². The third-order valence-corrected chi connectivity index (χ3v) is 6.42. The van der Waals surface area contributed by atoms with E-state index >= 15 is 0 Å². The molecular weight excluding hydrogens is 302 g/mol. The summed E-state index contributed by atoms with van der Waals surface area (Å²) in [7, 11) is 0. The Hall–Kier alpha value is -1.10. The average molecular weight is 338 g/mol. The lowest BCUT2D eigenvalue weighted by Gasteiger charge is -2.40. The van der Waals surface area contributed by atoms with Crippen LogP contribution in [0.3, 0.4) is 0 Å². The van der Waals surface area contributed by atoms with Gasteiger partial charge in [-0.2, -0.15) is 0 Å². The number of piperidine rings is 2. The van der Waals surface area contributed by atoms with Gasteiger partial charge in [0.05, 0.1) is 5.41 Å². The maximum absolute atomic E-state index is 12.9. The van der Waals surface area contributed by atoms with Crippen molar-refractivity contribution in [2.24, 2.45) is 23.0 Å². The van der Waals surface area contributed by atoms with Gasteiger partial charge in [-0.15, -0.1) is 0 Å². The van der Waals surface area contributed by atoms with Crippen LogP contribution in [-0.2, 0) is 9.59 Å². The van der Waals surface area contributed by atoms with Crippen LogP contribution < -0.4 is 5.73 Å². The predicted molar refractivity (Wildman–Crippen MR) is 96.4 cm³/mol. The van der Waals surface area contributed by atoms with Crippen LogP contribution >= 0.6 is 0 Å². The van der Waals surface area contributed by atoms with E-state index in [0.29, 0.717) is 25.5 Å². The molecule has 24 heavy (non-hydrogen) atoms. The third kappa shape index (κ3) is 3.93. The second-order valence-electron chi connectivity index (χ2n) is 7.77. The molecule has 2 amide bonds. The lowest BCUT2D eigenvalue weighted by atomic mass is 9.80. The van der Waals surface area contributed by atoms with E-state index in [9.17, 15) is 9.59 Å². The first-order valence-electron chi connectivity index (χ1n) is 9.75. The van der Waals surface area contributed by atoms with Crippen molar-refractivity contribution in [1.29, 1.82) is 0 Å². The molecular formula is C19H35N3O2. The van der Waals surface area contributed by atoms with E-state index in [4.69, 9.17) is 5.73 Å². The zero-order valence-electron chi connectivity index (χ0n) is 15.7. The van der Waals surface area contributed by atoms with Crippen LogP contribution in [0.15, 0.2) is 0 Å². The first kappa shape index (κ1) is 19.2. The van der Waals surface area contributed by atoms with E-state index in [1.807, 2.05) is 23.6 Å². The van der Waals surface area contributed by atoms with Crippen molar-refractivity contribution in [3.05, 3.63) is 0 Å². The summed E-state index contributed by atoms with van der Waals surface area (Å²) in [5, 5.41) is 0. The Bertz CT molecular complexity index is 424. The van der Waals surface area contributed by atoms with Crippen molar-refractivity contribution in [3.8, 4) is 0 Å². The molecule has 2 fully saturated rings. The molecule has 0 spiro atoms. The molecule has 2 N–H and O–H groups in total. The van der Waals surface area contributed by atoms with Gasteiger partial charge in [0.15, 0.2) is 0 Å². The quantitative estimate of drug-likeness (QED) is 0.837. The number of carbonyl (C=O) groups excluding carboxylic acids is 2. The molecule has 5 nitrogen and oxygen atoms in total. The fourth-order valence-electron chi connectivity index (χ4n) is 4.08. The molecule has 0 aromatic rings. The zero-order chi connectivity index (χ0) is 17.7. The topological polar surface area (TPSA) is 66.6 Å². The third-order valence-electron chi connectivity index (χ3n) is 6.42. The molecule has 2 saturated heterocycles. The number of carbonyl (C=O) groups is 2. The summed E-state index contributed by atoms with van der Waals surface area (Å²) in [6.07, 6.45) is 5.40. The highest BCUT2D eigenvalue weighted by Crippen LogP contribution is 2.31. The molecule has 2 heterocycles. The van der Waals surface area contributed by atoms with Crippen LogP contribution in [-0.4, -0.2) is 54.3 Å². The van der Waals surface area contributed by atoms with Crippen LogP contribution in [0.4, 0.5) is 0 Å². The standard InChI is InChI=1S/C19H35N3O2/c1-4-19(5-2,14-20)18(24)22-12-8-16(9-13-22)17(23)21-10-6-15(3)7-11-21/h15-16H,4-14,20H2,1-3H3. The van der Waals surface area contributed by atoms with Crippen molar-refractivity contribution in [1.82, 2.24) is 9.80 Å². The summed E-state index contributed by atoms with van der Waals surface area (Å²) in [5.74, 6) is 1.33. The van der Waals surface area contributed by atoms with Gasteiger partial charge >= 0.3 is 0 Å². The molecule has 2 aliphatic rings. The smallest absolute Gasteiger partial charge is 0.230 e. The monoisotopic (exact) mass is 337 g/mol. The highest BCUT2D eigenvalue weighted by Gasteiger charge is 2.39. The molecule has 0 saturated carbocycles. The van der Waals surface area contributed by atoms with Crippen molar-refractivity contribution in [2.75, 3.05) is 32.7 Å². The maximum atomic E-state index is 12.9. The second-order valence-corrected chi connectivity index (χ2v) is 7.77. The normalized spacial score (nSPS) is 21.2. The highest BCUT2D eigenvalue weighted by atomic mass is 16.2. The van der Waals surface area contributed by atoms with Crippen LogP contribution in [0.5, 0.6) is 0 Å². The fourth-order valence-corrected chi connectivity index (χ4v) is 4.08. The van der Waals surface area contributed by atoms with Crippen LogP contribution in [0, 0.1) is 17.3 Å². The molecule has 0 aromatic heterocycles. The van der Waals surface area contributed by atoms with Crippen molar-refractivity contribution in [3.63, 3.8) is 0 Å². The van der Waals surface area contributed by atoms with Gasteiger partial charge in [-0.1, -0.05) is 20.8 Å². The van der Waals surface area contributed by atoms with Gasteiger partial charge in [0.25, 0.3) is 0 Å². The molecule has 0 atom stereocenters. The fraction of sp³-hybridized carbons (Fsp3) is 0.895. The van der Waals surface area contributed by atoms with Gasteiger partial charge in [-0.25, -0.2) is 0 Å². The number of amides is 2. The van der Waals surface area contributed by atoms with E-state index < -0.39 is 5.41 Å². The molecule has 0 aliphatic carbocycles. The van der Waals surface area contributed by atoms with Gasteiger partial charge < -0.3 is 15.5 Å². The Morgan fingerprint density at radius 2 is 1.46 bits per heavy atom. The summed E-state index contributed by atoms with van der Waals surface area (Å²) >= 11 is 0. The Morgan fingerprint density at radius 1 is 0.958 bits per heavy atom. The number of hydrogen-bond donors (Lipinski definition) is 1. The number of likely N-dealkylation sites (tertiary alicyclic amines) is 2. The van der Waals surface area contributed by atoms with E-state index in [0.717, 1.165) is 57.5 Å². The number of rotatable bonds is 5. The minimum absolute atomic E-state index is 0.0954. The van der Waals surface area contributed by atoms with Crippen molar-refractivity contribution in [2.45, 2.75) is 59.3 Å². The number of nitrogens with zero attached hydrogens (tertiary/aromatic N) is 2. The SMILES string of the molecule is CCC(CC)(CN)C(=O)N1CCC(C(=O)N2CCC(C)CC2)CC1. The van der Waals surface area contributed by atoms with Gasteiger partial charge in [0.1, 0.15) is 0 Å². The summed E-state index contributed by atoms with van der Waals surface area (Å²) in [6, 6.07) is 0. The summed E-state index contributed by atoms with van der Waals surface area (Å²) in [5.41, 5.74) is 5.50. The number of hydrogen-bond acceptors (Lipinski definition) is 3. The molecule has 2 aliphatic heterocycles. The lowest BCUT2D eigenvalue weighted by molar-refractivity contribution is -0.147. The van der Waals surface area contributed by atoms with E-state index in [1.165, 1.54) is 0 Å². The Morgan fingerprint density at radius 3 is 1.92 bits per heavy atom. The lowest BCUT2D eigenvalue weighted by Crippen LogP contribution is -2.52. The van der Waals surface area contributed by atoms with Crippen LogP contribution in [0.2, 0.25) is 0 Å². The first-order chi connectivity index (χ1) is 11.5. The predicted octanol–water partition coefficient (Wildman–Crippen LogP) is 2.25. The number of nitrogens with two attached hydrogens (primary N) is 1. The molecule has 0 unspecified atom stereocenters. The van der Waals surface area contributed by atoms with Crippen LogP contribution in [0.1, 0.15) is 59.3 Å². The van der Waals surface area contributed by atoms with Crippen molar-refractivity contribution < 1.29 is 9.59 Å². The second kappa shape index (κ2) is 8.32. The zero-order valence-corrected chi connectivity index (χ0v) is 15.7. The molecule has 0 radical (unpaired) electrons. The van der Waals surface area contributed by atoms with E-state index in [2.05, 4.69) is 6.92 Å². The minimum Gasteiger partial charge on any atom is -0.342 e. The van der Waals surface area contributed by atoms with Gasteiger partial charge in [-0.3, -0.25) is 9.59 Å². The van der Waals surface area contributed by atoms with E-state index in [1.54, 1.807) is 0 Å². The molecule has 0 bridgehead atoms. The Kier molecular flexibility index (Phi) is 6.67. The molecule has 138 valence electrons. The molecule has 5 heteroatoms. The molecule has 2 rings (SSSR count). The summed E-state index contributed by atoms with van der Waals surface area (Å²) < 4.78 is 0. The largest absolute Gasteiger partial charge is 0.342 e. The average Bonchev–Trinajstić information content (AvgIpc) is 2.63. The van der Waals surface area contributed by atoms with Crippen LogP contribution in [0.25, 0.3) is 0 Å². The minimum atomic E-state index is -0.417. The first-order valence-corrected chi connectivity index (χ1v) is 9.75. The maximum Gasteiger partial charge on any atom is 0.230 e. The Balaban J connectivity index is 1.89. The van der Waals surface area contributed by atoms with Crippen molar-refractivity contribution >= 4 is 11.8 Å². The summed E-state index contributed by atoms with van der Waals surface area (Å²) in [4.78, 5) is 29.6.